The first-order valence-corrected chi connectivity index (χ1v) is 7.40. The highest BCUT2D eigenvalue weighted by Crippen LogP contribution is 2.35. The highest BCUT2D eigenvalue weighted by atomic mass is 19.3. The van der Waals surface area contributed by atoms with Crippen molar-refractivity contribution in [2.75, 3.05) is 13.2 Å². The van der Waals surface area contributed by atoms with E-state index in [1.807, 2.05) is 6.07 Å². The standard InChI is InChI=1S/C16H22F2O5/c1-15(2)22-10-12(23-15)14(16(17,18)13(20)8-19)21-9-11-6-4-3-5-7-11/h3-7,12-14,19-20H,8-10H2,1-2H3/t12?,13-,14+/m1/s1. The lowest BCUT2D eigenvalue weighted by Gasteiger charge is -2.33. The van der Waals surface area contributed by atoms with Crippen molar-refractivity contribution in [1.29, 1.82) is 0 Å². The van der Waals surface area contributed by atoms with Crippen LogP contribution in [0.15, 0.2) is 30.3 Å². The molecule has 0 aliphatic carbocycles. The molecule has 3 atom stereocenters. The number of hydrogen-bond acceptors (Lipinski definition) is 5. The molecule has 7 heteroatoms. The van der Waals surface area contributed by atoms with Gasteiger partial charge >= 0.3 is 5.92 Å². The normalized spacial score (nSPS) is 23.7. The van der Waals surface area contributed by atoms with Crippen molar-refractivity contribution >= 4 is 0 Å². The van der Waals surface area contributed by atoms with E-state index in [4.69, 9.17) is 19.3 Å². The molecule has 0 bridgehead atoms. The van der Waals surface area contributed by atoms with Gasteiger partial charge in [-0.3, -0.25) is 0 Å². The van der Waals surface area contributed by atoms with Crippen molar-refractivity contribution in [2.45, 2.75) is 50.5 Å². The maximum atomic E-state index is 14.4. The summed E-state index contributed by atoms with van der Waals surface area (Å²) in [6, 6.07) is 8.84. The number of halogens is 2. The third kappa shape index (κ3) is 4.45. The van der Waals surface area contributed by atoms with Crippen LogP contribution in [-0.2, 0) is 20.8 Å². The quantitative estimate of drug-likeness (QED) is 0.796. The van der Waals surface area contributed by atoms with Crippen LogP contribution in [0, 0.1) is 0 Å². The van der Waals surface area contributed by atoms with Gasteiger partial charge in [-0.1, -0.05) is 30.3 Å². The Labute approximate surface area is 133 Å². The Bertz CT molecular complexity index is 495. The number of alkyl halides is 2. The van der Waals surface area contributed by atoms with E-state index in [0.29, 0.717) is 5.56 Å². The zero-order valence-electron chi connectivity index (χ0n) is 13.1. The van der Waals surface area contributed by atoms with Crippen molar-refractivity contribution in [2.24, 2.45) is 0 Å². The third-order valence-corrected chi connectivity index (χ3v) is 3.64. The SMILES string of the molecule is CC1(C)OCC([C@H](OCc2ccccc2)C(F)(F)[C@H](O)CO)O1. The molecule has 2 rings (SSSR count). The van der Waals surface area contributed by atoms with Crippen LogP contribution < -0.4 is 0 Å². The lowest BCUT2D eigenvalue weighted by atomic mass is 10.0. The Balaban J connectivity index is 2.14. The minimum absolute atomic E-state index is 0.0699. The number of aliphatic hydroxyl groups excluding tert-OH is 2. The first kappa shape index (κ1) is 18.2. The lowest BCUT2D eigenvalue weighted by molar-refractivity contribution is -0.242. The maximum Gasteiger partial charge on any atom is 0.303 e. The molecule has 5 nitrogen and oxygen atoms in total. The summed E-state index contributed by atoms with van der Waals surface area (Å²) in [5.41, 5.74) is 0.713. The molecule has 23 heavy (non-hydrogen) atoms. The van der Waals surface area contributed by atoms with Gasteiger partial charge in [0.05, 0.1) is 19.8 Å². The minimum Gasteiger partial charge on any atom is -0.393 e. The van der Waals surface area contributed by atoms with Crippen LogP contribution in [0.5, 0.6) is 0 Å². The van der Waals surface area contributed by atoms with Gasteiger partial charge in [-0.05, 0) is 19.4 Å². The predicted octanol–water partition coefficient (Wildman–Crippen LogP) is 1.71. The third-order valence-electron chi connectivity index (χ3n) is 3.64. The molecule has 1 fully saturated rings. The van der Waals surface area contributed by atoms with E-state index in [9.17, 15) is 13.9 Å². The molecule has 0 spiro atoms. The fourth-order valence-electron chi connectivity index (χ4n) is 2.40. The molecule has 1 aliphatic heterocycles. The second kappa shape index (κ2) is 7.19. The van der Waals surface area contributed by atoms with Gasteiger partial charge in [0.2, 0.25) is 0 Å². The number of ether oxygens (including phenoxy) is 3. The molecule has 0 amide bonds. The first-order chi connectivity index (χ1) is 10.8. The van der Waals surface area contributed by atoms with Gasteiger partial charge < -0.3 is 24.4 Å². The Morgan fingerprint density at radius 1 is 1.35 bits per heavy atom. The van der Waals surface area contributed by atoms with Crippen molar-refractivity contribution < 1.29 is 33.2 Å². The number of hydrogen-bond donors (Lipinski definition) is 2. The zero-order valence-corrected chi connectivity index (χ0v) is 13.1. The molecule has 0 aromatic heterocycles. The Hall–Kier alpha value is -1.12. The van der Waals surface area contributed by atoms with E-state index in [2.05, 4.69) is 0 Å². The molecule has 1 heterocycles. The van der Waals surface area contributed by atoms with E-state index in [1.54, 1.807) is 38.1 Å². The van der Waals surface area contributed by atoms with Crippen molar-refractivity contribution in [3.8, 4) is 0 Å². The molecule has 0 radical (unpaired) electrons. The van der Waals surface area contributed by atoms with Gasteiger partial charge in [-0.25, -0.2) is 8.78 Å². The van der Waals surface area contributed by atoms with Crippen LogP contribution in [0.2, 0.25) is 0 Å². The second-order valence-electron chi connectivity index (χ2n) is 5.96. The van der Waals surface area contributed by atoms with Crippen LogP contribution >= 0.6 is 0 Å². The van der Waals surface area contributed by atoms with Gasteiger partial charge in [-0.15, -0.1) is 0 Å². The monoisotopic (exact) mass is 332 g/mol. The van der Waals surface area contributed by atoms with Crippen LogP contribution in [0.25, 0.3) is 0 Å². The van der Waals surface area contributed by atoms with Gasteiger partial charge in [0.15, 0.2) is 11.9 Å². The summed E-state index contributed by atoms with van der Waals surface area (Å²) in [5, 5.41) is 18.4. The van der Waals surface area contributed by atoms with Crippen LogP contribution in [0.3, 0.4) is 0 Å². The Kier molecular flexibility index (Phi) is 5.70. The summed E-state index contributed by atoms with van der Waals surface area (Å²) >= 11 is 0. The summed E-state index contributed by atoms with van der Waals surface area (Å²) in [6.45, 7) is 2.00. The fourth-order valence-corrected chi connectivity index (χ4v) is 2.40. The highest BCUT2D eigenvalue weighted by Gasteiger charge is 2.54. The number of rotatable bonds is 7. The van der Waals surface area contributed by atoms with Crippen LogP contribution in [-0.4, -0.2) is 53.4 Å². The fraction of sp³-hybridized carbons (Fsp3) is 0.625. The molecule has 1 aliphatic rings. The van der Waals surface area contributed by atoms with Crippen molar-refractivity contribution in [3.63, 3.8) is 0 Å². The van der Waals surface area contributed by atoms with E-state index >= 15 is 0 Å². The van der Waals surface area contributed by atoms with Crippen LogP contribution in [0.4, 0.5) is 8.78 Å². The van der Waals surface area contributed by atoms with Gasteiger partial charge in [0, 0.05) is 0 Å². The predicted molar refractivity (Wildman–Crippen MR) is 78.0 cm³/mol. The summed E-state index contributed by atoms with van der Waals surface area (Å²) in [7, 11) is 0. The summed E-state index contributed by atoms with van der Waals surface area (Å²) < 4.78 is 45.0. The van der Waals surface area contributed by atoms with Gasteiger partial charge in [-0.2, -0.15) is 0 Å². The van der Waals surface area contributed by atoms with Gasteiger partial charge in [0.25, 0.3) is 0 Å². The largest absolute Gasteiger partial charge is 0.393 e. The molecule has 2 N–H and O–H groups in total. The molecule has 130 valence electrons. The van der Waals surface area contributed by atoms with E-state index in [-0.39, 0.29) is 13.2 Å². The molecule has 1 aromatic carbocycles. The van der Waals surface area contributed by atoms with Crippen LogP contribution in [0.1, 0.15) is 19.4 Å². The maximum absolute atomic E-state index is 14.4. The minimum atomic E-state index is -3.68. The highest BCUT2D eigenvalue weighted by molar-refractivity contribution is 5.13. The summed E-state index contributed by atoms with van der Waals surface area (Å²) in [4.78, 5) is 0. The Morgan fingerprint density at radius 3 is 2.52 bits per heavy atom. The zero-order chi connectivity index (χ0) is 17.1. The molecule has 0 saturated carbocycles. The number of benzene rings is 1. The average Bonchev–Trinajstić information content (AvgIpc) is 2.87. The molecular formula is C16H22F2O5. The topological polar surface area (TPSA) is 68.2 Å². The summed E-state index contributed by atoms with van der Waals surface area (Å²) in [5.74, 6) is -4.68. The molecule has 1 aromatic rings. The van der Waals surface area contributed by atoms with Gasteiger partial charge in [0.1, 0.15) is 12.2 Å². The second-order valence-corrected chi connectivity index (χ2v) is 5.96. The Morgan fingerprint density at radius 2 is 2.00 bits per heavy atom. The van der Waals surface area contributed by atoms with Crippen molar-refractivity contribution in [3.05, 3.63) is 35.9 Å². The molecular weight excluding hydrogens is 310 g/mol. The first-order valence-electron chi connectivity index (χ1n) is 7.40. The molecule has 1 saturated heterocycles. The smallest absolute Gasteiger partial charge is 0.303 e. The average molecular weight is 332 g/mol. The van der Waals surface area contributed by atoms with E-state index in [0.717, 1.165) is 0 Å². The molecule has 1 unspecified atom stereocenters. The van der Waals surface area contributed by atoms with E-state index in [1.165, 1.54) is 0 Å². The number of aliphatic hydroxyl groups is 2. The summed E-state index contributed by atoms with van der Waals surface area (Å²) in [6.07, 6.45) is -5.04. The van der Waals surface area contributed by atoms with E-state index < -0.39 is 36.6 Å². The van der Waals surface area contributed by atoms with Crippen molar-refractivity contribution in [1.82, 2.24) is 0 Å². The lowest BCUT2D eigenvalue weighted by Crippen LogP contribution is -2.54.